The van der Waals surface area contributed by atoms with Crippen molar-refractivity contribution in [2.75, 3.05) is 19.0 Å². The highest BCUT2D eigenvalue weighted by atomic mass is 32.1. The highest BCUT2D eigenvalue weighted by molar-refractivity contribution is 7.25. The second-order valence-corrected chi connectivity index (χ2v) is 6.47. The molecule has 0 radical (unpaired) electrons. The van der Waals surface area contributed by atoms with Crippen LogP contribution < -0.4 is 15.6 Å². The van der Waals surface area contributed by atoms with Gasteiger partial charge in [0, 0.05) is 29.2 Å². The van der Waals surface area contributed by atoms with Gasteiger partial charge in [-0.05, 0) is 37.3 Å². The minimum Gasteiger partial charge on any atom is -0.497 e. The lowest BCUT2D eigenvalue weighted by molar-refractivity contribution is 0.414. The molecule has 27 heavy (non-hydrogen) atoms. The largest absolute Gasteiger partial charge is 0.497 e. The molecule has 1 N–H and O–H groups in total. The van der Waals surface area contributed by atoms with E-state index in [2.05, 4.69) is 15.4 Å². The summed E-state index contributed by atoms with van der Waals surface area (Å²) in [4.78, 5) is 18.2. The number of pyridine rings is 1. The maximum absolute atomic E-state index is 13.0. The van der Waals surface area contributed by atoms with Crippen molar-refractivity contribution >= 4 is 37.3 Å². The van der Waals surface area contributed by atoms with Crippen molar-refractivity contribution in [1.29, 1.82) is 0 Å². The van der Waals surface area contributed by atoms with Gasteiger partial charge < -0.3 is 10.1 Å². The number of hydrogen-bond acceptors (Lipinski definition) is 6. The van der Waals surface area contributed by atoms with E-state index in [0.717, 1.165) is 33.6 Å². The van der Waals surface area contributed by atoms with E-state index in [-0.39, 0.29) is 5.56 Å². The molecular weight excluding hydrogens is 360 g/mol. The first-order chi connectivity index (χ1) is 13.2. The molecule has 3 aromatic heterocycles. The fourth-order valence-corrected chi connectivity index (χ4v) is 3.90. The Hall–Kier alpha value is -2.93. The van der Waals surface area contributed by atoms with E-state index in [1.165, 1.54) is 16.0 Å². The Bertz CT molecular complexity index is 1120. The predicted octanol–water partition coefficient (Wildman–Crippen LogP) is 4.46. The number of hydrogen-bond donors (Lipinski definition) is 1. The van der Waals surface area contributed by atoms with Crippen molar-refractivity contribution in [2.45, 2.75) is 20.8 Å². The summed E-state index contributed by atoms with van der Waals surface area (Å²) < 4.78 is 7.22. The first-order valence-corrected chi connectivity index (χ1v) is 9.72. The minimum atomic E-state index is -0.145. The lowest BCUT2D eigenvalue weighted by Crippen LogP contribution is -2.19. The predicted molar refractivity (Wildman–Crippen MR) is 113 cm³/mol. The molecule has 4 aromatic rings. The number of ether oxygens (including phenoxy) is 1. The number of nitrogens with zero attached hydrogens (tertiary/aromatic N) is 3. The molecule has 0 atom stereocenters. The summed E-state index contributed by atoms with van der Waals surface area (Å²) in [7, 11) is 1.61. The van der Waals surface area contributed by atoms with E-state index in [1.807, 2.05) is 51.1 Å². The van der Waals surface area contributed by atoms with Crippen LogP contribution in [0.25, 0.3) is 26.0 Å². The van der Waals surface area contributed by atoms with Gasteiger partial charge in [-0.1, -0.05) is 13.8 Å². The number of aromatic nitrogens is 3. The molecule has 0 spiro atoms. The quantitative estimate of drug-likeness (QED) is 0.564. The second kappa shape index (κ2) is 8.18. The fraction of sp³-hybridized carbons (Fsp3) is 0.250. The number of rotatable bonds is 4. The third-order valence-electron chi connectivity index (χ3n) is 4.00. The van der Waals surface area contributed by atoms with Crippen LogP contribution in [0.1, 0.15) is 20.8 Å². The van der Waals surface area contributed by atoms with Crippen molar-refractivity contribution in [2.24, 2.45) is 0 Å². The first-order valence-electron chi connectivity index (χ1n) is 8.90. The van der Waals surface area contributed by atoms with Crippen molar-refractivity contribution in [3.8, 4) is 11.4 Å². The molecule has 0 saturated carbocycles. The van der Waals surface area contributed by atoms with Gasteiger partial charge >= 0.3 is 0 Å². The number of methoxy groups -OCH3 is 1. The van der Waals surface area contributed by atoms with Crippen molar-refractivity contribution < 1.29 is 4.74 Å². The number of anilines is 1. The molecule has 0 aliphatic heterocycles. The molecule has 0 aliphatic rings. The molecule has 0 fully saturated rings. The summed E-state index contributed by atoms with van der Waals surface area (Å²) in [5, 5.41) is 9.48. The van der Waals surface area contributed by atoms with Gasteiger partial charge in [-0.25, -0.2) is 4.98 Å². The van der Waals surface area contributed by atoms with Gasteiger partial charge in [0.25, 0.3) is 5.56 Å². The smallest absolute Gasteiger partial charge is 0.289 e. The Kier molecular flexibility index (Phi) is 5.71. The lowest BCUT2D eigenvalue weighted by Gasteiger charge is -2.06. The highest BCUT2D eigenvalue weighted by Gasteiger charge is 2.15. The molecule has 0 bridgehead atoms. The molecule has 0 unspecified atom stereocenters. The zero-order chi connectivity index (χ0) is 19.4. The van der Waals surface area contributed by atoms with Crippen LogP contribution in [0.5, 0.6) is 5.75 Å². The summed E-state index contributed by atoms with van der Waals surface area (Å²) >= 11 is 1.40. The maximum Gasteiger partial charge on any atom is 0.289 e. The van der Waals surface area contributed by atoms with Crippen molar-refractivity contribution in [3.63, 3.8) is 0 Å². The Morgan fingerprint density at radius 2 is 1.93 bits per heavy atom. The SMILES string of the molecule is CC.CCNc1ccnc2sc3c(=O)n(-c4ccc(OC)cc4)ncc3c12. The summed E-state index contributed by atoms with van der Waals surface area (Å²) in [6.07, 6.45) is 3.49. The molecular formula is C20H22N4O2S. The van der Waals surface area contributed by atoms with E-state index in [4.69, 9.17) is 4.74 Å². The van der Waals surface area contributed by atoms with Crippen molar-refractivity contribution in [1.82, 2.24) is 14.8 Å². The first kappa shape index (κ1) is 18.8. The Morgan fingerprint density at radius 3 is 2.59 bits per heavy atom. The summed E-state index contributed by atoms with van der Waals surface area (Å²) in [5.41, 5.74) is 1.53. The standard InChI is InChI=1S/C18H16N4O2S.C2H6/c1-3-19-14-8-9-20-17-15(14)13-10-21-22(18(23)16(13)25-17)11-4-6-12(24-2)7-5-11;1-2/h4-10H,3H2,1-2H3,(H,19,20);1-2H3. The Balaban J connectivity index is 0.00000102. The number of benzene rings is 1. The van der Waals surface area contributed by atoms with Gasteiger partial charge in [0.15, 0.2) is 0 Å². The van der Waals surface area contributed by atoms with Gasteiger partial charge in [0.2, 0.25) is 0 Å². The van der Waals surface area contributed by atoms with Crippen LogP contribution >= 0.6 is 11.3 Å². The van der Waals surface area contributed by atoms with Crippen LogP contribution in [-0.4, -0.2) is 28.4 Å². The normalized spacial score (nSPS) is 10.5. The van der Waals surface area contributed by atoms with Gasteiger partial charge in [0.05, 0.1) is 19.0 Å². The fourth-order valence-electron chi connectivity index (χ4n) is 2.84. The molecule has 6 nitrogen and oxygen atoms in total. The monoisotopic (exact) mass is 382 g/mol. The highest BCUT2D eigenvalue weighted by Crippen LogP contribution is 2.34. The van der Waals surface area contributed by atoms with Crippen molar-refractivity contribution in [3.05, 3.63) is 53.1 Å². The van der Waals surface area contributed by atoms with Crippen LogP contribution in [0.3, 0.4) is 0 Å². The minimum absolute atomic E-state index is 0.145. The number of thiophene rings is 1. The van der Waals surface area contributed by atoms with Gasteiger partial charge in [-0.2, -0.15) is 9.78 Å². The summed E-state index contributed by atoms with van der Waals surface area (Å²) in [6, 6.07) is 9.17. The molecule has 0 saturated heterocycles. The van der Waals surface area contributed by atoms with E-state index >= 15 is 0 Å². The summed E-state index contributed by atoms with van der Waals surface area (Å²) in [6.45, 7) is 6.84. The van der Waals surface area contributed by atoms with Crippen LogP contribution in [0, 0.1) is 0 Å². The van der Waals surface area contributed by atoms with E-state index in [0.29, 0.717) is 10.4 Å². The third-order valence-corrected chi connectivity index (χ3v) is 5.10. The number of nitrogens with one attached hydrogen (secondary N) is 1. The number of fused-ring (bicyclic) bond motifs is 3. The molecule has 0 amide bonds. The molecule has 140 valence electrons. The average molecular weight is 382 g/mol. The van der Waals surface area contributed by atoms with Crippen LogP contribution in [-0.2, 0) is 0 Å². The van der Waals surface area contributed by atoms with Gasteiger partial charge in [-0.3, -0.25) is 4.79 Å². The topological polar surface area (TPSA) is 69.0 Å². The second-order valence-electron chi connectivity index (χ2n) is 5.47. The summed E-state index contributed by atoms with van der Waals surface area (Å²) in [5.74, 6) is 0.735. The van der Waals surface area contributed by atoms with Gasteiger partial charge in [-0.15, -0.1) is 11.3 Å². The zero-order valence-electron chi connectivity index (χ0n) is 15.8. The maximum atomic E-state index is 13.0. The van der Waals surface area contributed by atoms with E-state index in [9.17, 15) is 4.79 Å². The Morgan fingerprint density at radius 1 is 1.19 bits per heavy atom. The zero-order valence-corrected chi connectivity index (χ0v) is 16.6. The molecule has 4 rings (SSSR count). The molecule has 7 heteroatoms. The van der Waals surface area contributed by atoms with Crippen LogP contribution in [0.4, 0.5) is 5.69 Å². The van der Waals surface area contributed by atoms with Crippen LogP contribution in [0.15, 0.2) is 47.5 Å². The van der Waals surface area contributed by atoms with E-state index in [1.54, 1.807) is 19.5 Å². The van der Waals surface area contributed by atoms with Crippen LogP contribution in [0.2, 0.25) is 0 Å². The molecule has 1 aromatic carbocycles. The molecule has 3 heterocycles. The van der Waals surface area contributed by atoms with E-state index < -0.39 is 0 Å². The average Bonchev–Trinajstić information content (AvgIpc) is 3.11. The molecule has 0 aliphatic carbocycles. The van der Waals surface area contributed by atoms with Gasteiger partial charge in [0.1, 0.15) is 15.3 Å². The Labute approximate surface area is 161 Å². The third kappa shape index (κ3) is 3.38. The lowest BCUT2D eigenvalue weighted by atomic mass is 10.2.